The standard InChI is InChI=1S/C16H23FN2O2/c1-3-7-16(8-9-18-11-16)15(20)19-13-6-5-12(17)10-14(13)21-4-2/h5-6,10,18H,3-4,7-9,11H2,1-2H3,(H,19,20). The van der Waals surface area contributed by atoms with Crippen LogP contribution >= 0.6 is 0 Å². The van der Waals surface area contributed by atoms with Crippen LogP contribution < -0.4 is 15.4 Å². The first-order valence-electron chi connectivity index (χ1n) is 7.56. The number of rotatable bonds is 6. The molecule has 1 aliphatic heterocycles. The van der Waals surface area contributed by atoms with Crippen molar-refractivity contribution in [1.82, 2.24) is 5.32 Å². The van der Waals surface area contributed by atoms with E-state index >= 15 is 0 Å². The molecule has 1 saturated heterocycles. The Bertz CT molecular complexity index is 499. The maximum atomic E-state index is 13.3. The van der Waals surface area contributed by atoms with Crippen LogP contribution in [0.3, 0.4) is 0 Å². The number of hydrogen-bond acceptors (Lipinski definition) is 3. The Morgan fingerprint density at radius 1 is 1.48 bits per heavy atom. The zero-order chi connectivity index (χ0) is 15.3. The van der Waals surface area contributed by atoms with Gasteiger partial charge >= 0.3 is 0 Å². The van der Waals surface area contributed by atoms with Gasteiger partial charge in [-0.25, -0.2) is 4.39 Å². The SMILES string of the molecule is CCCC1(C(=O)Nc2ccc(F)cc2OCC)CCNC1. The molecule has 2 N–H and O–H groups in total. The lowest BCUT2D eigenvalue weighted by atomic mass is 9.81. The number of halogens is 1. The lowest BCUT2D eigenvalue weighted by Gasteiger charge is -2.27. The number of amides is 1. The van der Waals surface area contributed by atoms with Gasteiger partial charge in [0.05, 0.1) is 17.7 Å². The number of benzene rings is 1. The van der Waals surface area contributed by atoms with Gasteiger partial charge in [-0.15, -0.1) is 0 Å². The normalized spacial score (nSPS) is 21.3. The van der Waals surface area contributed by atoms with Gasteiger partial charge in [-0.1, -0.05) is 13.3 Å². The summed E-state index contributed by atoms with van der Waals surface area (Å²) in [7, 11) is 0. The molecule has 1 unspecified atom stereocenters. The lowest BCUT2D eigenvalue weighted by molar-refractivity contribution is -0.125. The van der Waals surface area contributed by atoms with Crippen LogP contribution in [-0.2, 0) is 4.79 Å². The van der Waals surface area contributed by atoms with Gasteiger partial charge < -0.3 is 15.4 Å². The van der Waals surface area contributed by atoms with Crippen LogP contribution in [-0.4, -0.2) is 25.6 Å². The van der Waals surface area contributed by atoms with Gasteiger partial charge in [0.1, 0.15) is 11.6 Å². The summed E-state index contributed by atoms with van der Waals surface area (Å²) in [6.45, 7) is 5.88. The summed E-state index contributed by atoms with van der Waals surface area (Å²) in [5, 5.41) is 6.18. The third-order valence-electron chi connectivity index (χ3n) is 3.95. The molecule has 2 rings (SSSR count). The molecule has 0 radical (unpaired) electrons. The summed E-state index contributed by atoms with van der Waals surface area (Å²) in [6, 6.07) is 4.19. The average molecular weight is 294 g/mol. The number of nitrogens with one attached hydrogen (secondary N) is 2. The fourth-order valence-corrected chi connectivity index (χ4v) is 2.87. The van der Waals surface area contributed by atoms with Crippen molar-refractivity contribution in [1.29, 1.82) is 0 Å². The molecule has 1 aliphatic rings. The summed E-state index contributed by atoms with van der Waals surface area (Å²) in [4.78, 5) is 12.7. The van der Waals surface area contributed by atoms with E-state index in [9.17, 15) is 9.18 Å². The molecule has 0 aromatic heterocycles. The second-order valence-electron chi connectivity index (χ2n) is 5.48. The molecule has 0 saturated carbocycles. The van der Waals surface area contributed by atoms with E-state index in [4.69, 9.17) is 4.74 Å². The quantitative estimate of drug-likeness (QED) is 0.848. The number of hydrogen-bond donors (Lipinski definition) is 2. The van der Waals surface area contributed by atoms with Crippen molar-refractivity contribution in [3.05, 3.63) is 24.0 Å². The summed E-state index contributed by atoms with van der Waals surface area (Å²) in [5.74, 6) is -0.00683. The molecule has 1 heterocycles. The third-order valence-corrected chi connectivity index (χ3v) is 3.95. The first-order valence-corrected chi connectivity index (χ1v) is 7.56. The molecule has 4 nitrogen and oxygen atoms in total. The minimum absolute atomic E-state index is 0.0121. The van der Waals surface area contributed by atoms with Gasteiger partial charge in [-0.2, -0.15) is 0 Å². The highest BCUT2D eigenvalue weighted by Gasteiger charge is 2.40. The predicted octanol–water partition coefficient (Wildman–Crippen LogP) is 2.94. The van der Waals surface area contributed by atoms with Gasteiger partial charge in [0, 0.05) is 12.6 Å². The highest BCUT2D eigenvalue weighted by Crippen LogP contribution is 2.34. The topological polar surface area (TPSA) is 50.4 Å². The number of carbonyl (C=O) groups is 1. The van der Waals surface area contributed by atoms with E-state index in [-0.39, 0.29) is 17.1 Å². The van der Waals surface area contributed by atoms with E-state index < -0.39 is 0 Å². The van der Waals surface area contributed by atoms with Gasteiger partial charge in [-0.05, 0) is 38.4 Å². The monoisotopic (exact) mass is 294 g/mol. The molecular weight excluding hydrogens is 271 g/mol. The number of anilines is 1. The zero-order valence-corrected chi connectivity index (χ0v) is 12.7. The van der Waals surface area contributed by atoms with Crippen LogP contribution in [0.25, 0.3) is 0 Å². The zero-order valence-electron chi connectivity index (χ0n) is 12.7. The summed E-state index contributed by atoms with van der Waals surface area (Å²) < 4.78 is 18.7. The van der Waals surface area contributed by atoms with Crippen LogP contribution in [0.4, 0.5) is 10.1 Å². The first-order chi connectivity index (χ1) is 10.1. The summed E-state index contributed by atoms with van der Waals surface area (Å²) in [6.07, 6.45) is 2.63. The fourth-order valence-electron chi connectivity index (χ4n) is 2.87. The van der Waals surface area contributed by atoms with Crippen LogP contribution in [0.5, 0.6) is 5.75 Å². The molecule has 1 amide bonds. The molecule has 0 bridgehead atoms. The van der Waals surface area contributed by atoms with Gasteiger partial charge in [-0.3, -0.25) is 4.79 Å². The highest BCUT2D eigenvalue weighted by molar-refractivity contribution is 5.97. The Hall–Kier alpha value is -1.62. The second kappa shape index (κ2) is 6.89. The van der Waals surface area contributed by atoms with Crippen molar-refractivity contribution >= 4 is 11.6 Å². The van der Waals surface area contributed by atoms with Crippen molar-refractivity contribution in [2.45, 2.75) is 33.1 Å². The van der Waals surface area contributed by atoms with E-state index in [1.54, 1.807) is 6.07 Å². The molecule has 5 heteroatoms. The first kappa shape index (κ1) is 15.8. The molecule has 1 aromatic carbocycles. The Morgan fingerprint density at radius 3 is 2.90 bits per heavy atom. The van der Waals surface area contributed by atoms with Crippen LogP contribution in [0.1, 0.15) is 33.1 Å². The van der Waals surface area contributed by atoms with Gasteiger partial charge in [0.2, 0.25) is 5.91 Å². The molecule has 0 spiro atoms. The smallest absolute Gasteiger partial charge is 0.232 e. The minimum atomic E-state index is -0.373. The van der Waals surface area contributed by atoms with Crippen molar-refractivity contribution in [2.75, 3.05) is 25.0 Å². The van der Waals surface area contributed by atoms with Crippen molar-refractivity contribution < 1.29 is 13.9 Å². The van der Waals surface area contributed by atoms with Crippen molar-refractivity contribution in [3.8, 4) is 5.75 Å². The predicted molar refractivity (Wildman–Crippen MR) is 81.0 cm³/mol. The van der Waals surface area contributed by atoms with Gasteiger partial charge in [0.25, 0.3) is 0 Å². The van der Waals surface area contributed by atoms with E-state index in [1.807, 2.05) is 6.92 Å². The van der Waals surface area contributed by atoms with Crippen LogP contribution in [0, 0.1) is 11.2 Å². The molecule has 1 aromatic rings. The molecular formula is C16H23FN2O2. The molecule has 0 aliphatic carbocycles. The average Bonchev–Trinajstić information content (AvgIpc) is 2.92. The largest absolute Gasteiger partial charge is 0.492 e. The molecule has 1 fully saturated rings. The molecule has 116 valence electrons. The number of ether oxygens (including phenoxy) is 1. The van der Waals surface area contributed by atoms with E-state index in [1.165, 1.54) is 12.1 Å². The van der Waals surface area contributed by atoms with E-state index in [0.29, 0.717) is 24.6 Å². The third kappa shape index (κ3) is 3.53. The van der Waals surface area contributed by atoms with Crippen molar-refractivity contribution in [3.63, 3.8) is 0 Å². The van der Waals surface area contributed by atoms with Crippen LogP contribution in [0.2, 0.25) is 0 Å². The Balaban J connectivity index is 2.18. The number of carbonyl (C=O) groups excluding carboxylic acids is 1. The maximum Gasteiger partial charge on any atom is 0.232 e. The minimum Gasteiger partial charge on any atom is -0.492 e. The lowest BCUT2D eigenvalue weighted by Crippen LogP contribution is -2.38. The second-order valence-corrected chi connectivity index (χ2v) is 5.48. The highest BCUT2D eigenvalue weighted by atomic mass is 19.1. The fraction of sp³-hybridized carbons (Fsp3) is 0.562. The summed E-state index contributed by atoms with van der Waals surface area (Å²) >= 11 is 0. The Morgan fingerprint density at radius 2 is 2.29 bits per heavy atom. The molecule has 1 atom stereocenters. The van der Waals surface area contributed by atoms with E-state index in [2.05, 4.69) is 17.6 Å². The Labute approximate surface area is 125 Å². The van der Waals surface area contributed by atoms with Crippen LogP contribution in [0.15, 0.2) is 18.2 Å². The van der Waals surface area contributed by atoms with Crippen molar-refractivity contribution in [2.24, 2.45) is 5.41 Å². The summed E-state index contributed by atoms with van der Waals surface area (Å²) in [5.41, 5.74) is 0.165. The molecule has 21 heavy (non-hydrogen) atoms. The Kier molecular flexibility index (Phi) is 5.17. The van der Waals surface area contributed by atoms with E-state index in [0.717, 1.165) is 25.8 Å². The maximum absolute atomic E-state index is 13.3. The van der Waals surface area contributed by atoms with Gasteiger partial charge in [0.15, 0.2) is 0 Å².